The van der Waals surface area contributed by atoms with Crippen LogP contribution < -0.4 is 0 Å². The fourth-order valence-corrected chi connectivity index (χ4v) is 3.38. The number of rotatable bonds is 13. The van der Waals surface area contributed by atoms with Crippen LogP contribution in [0.5, 0.6) is 0 Å². The number of allylic oxidation sites excluding steroid dienone is 4. The van der Waals surface area contributed by atoms with Gasteiger partial charge in [-0.1, -0.05) is 43.2 Å². The van der Waals surface area contributed by atoms with E-state index in [1.807, 2.05) is 6.08 Å². The SMILES string of the molecule is C=CC(C)(CC/C=C(\C)CC/C=C(\C)CCC(O)C(C)C)OC1CCCCO1. The number of hydrogen-bond donors (Lipinski definition) is 1. The van der Waals surface area contributed by atoms with Crippen LogP contribution in [-0.4, -0.2) is 29.7 Å². The van der Waals surface area contributed by atoms with Gasteiger partial charge in [0.25, 0.3) is 0 Å². The van der Waals surface area contributed by atoms with Crippen LogP contribution in [0.1, 0.15) is 92.4 Å². The third-order valence-electron chi connectivity index (χ3n) is 5.74. The van der Waals surface area contributed by atoms with Crippen molar-refractivity contribution in [3.63, 3.8) is 0 Å². The molecular formula is C25H44O3. The minimum atomic E-state index is -0.327. The summed E-state index contributed by atoms with van der Waals surface area (Å²) in [6.07, 6.45) is 15.5. The minimum Gasteiger partial charge on any atom is -0.393 e. The zero-order valence-corrected chi connectivity index (χ0v) is 19.0. The molecule has 0 spiro atoms. The molecule has 1 rings (SSSR count). The van der Waals surface area contributed by atoms with Crippen LogP contribution in [0.2, 0.25) is 0 Å². The lowest BCUT2D eigenvalue weighted by Gasteiger charge is -2.33. The Labute approximate surface area is 173 Å². The highest BCUT2D eigenvalue weighted by Crippen LogP contribution is 2.26. The van der Waals surface area contributed by atoms with Gasteiger partial charge in [-0.2, -0.15) is 0 Å². The van der Waals surface area contributed by atoms with Crippen molar-refractivity contribution in [3.8, 4) is 0 Å². The Hall–Kier alpha value is -0.900. The monoisotopic (exact) mass is 392 g/mol. The fourth-order valence-electron chi connectivity index (χ4n) is 3.38. The summed E-state index contributed by atoms with van der Waals surface area (Å²) in [5.41, 5.74) is 2.48. The molecular weight excluding hydrogens is 348 g/mol. The number of aliphatic hydroxyl groups is 1. The standard InChI is InChI=1S/C25H44O3/c1-7-25(6,28-24-15-8-9-19-27-24)18-11-14-21(4)12-10-13-22(5)16-17-23(26)20(2)3/h7,13-14,20,23-24,26H,1,8-12,15-19H2,2-6H3/b21-14+,22-13+. The highest BCUT2D eigenvalue weighted by molar-refractivity contribution is 5.05. The average molecular weight is 393 g/mol. The normalized spacial score (nSPS) is 22.2. The summed E-state index contributed by atoms with van der Waals surface area (Å²) in [4.78, 5) is 0. The lowest BCUT2D eigenvalue weighted by atomic mass is 9.97. The Kier molecular flexibility index (Phi) is 12.0. The molecule has 0 saturated carbocycles. The van der Waals surface area contributed by atoms with E-state index in [0.29, 0.717) is 5.92 Å². The zero-order valence-electron chi connectivity index (χ0n) is 19.0. The molecule has 3 atom stereocenters. The molecule has 1 N–H and O–H groups in total. The van der Waals surface area contributed by atoms with Crippen molar-refractivity contribution in [2.24, 2.45) is 5.92 Å². The first kappa shape index (κ1) is 25.1. The summed E-state index contributed by atoms with van der Waals surface area (Å²) in [6, 6.07) is 0. The van der Waals surface area contributed by atoms with Crippen molar-refractivity contribution >= 4 is 0 Å². The lowest BCUT2D eigenvalue weighted by Crippen LogP contribution is -2.34. The van der Waals surface area contributed by atoms with Crippen molar-refractivity contribution in [1.29, 1.82) is 0 Å². The molecule has 3 heteroatoms. The number of hydrogen-bond acceptors (Lipinski definition) is 3. The first-order valence-electron chi connectivity index (χ1n) is 11.2. The van der Waals surface area contributed by atoms with Gasteiger partial charge in [0.05, 0.1) is 11.7 Å². The van der Waals surface area contributed by atoms with E-state index in [1.54, 1.807) is 0 Å². The van der Waals surface area contributed by atoms with E-state index in [1.165, 1.54) is 17.6 Å². The Balaban J connectivity index is 2.32. The van der Waals surface area contributed by atoms with Crippen molar-refractivity contribution in [1.82, 2.24) is 0 Å². The molecule has 0 aromatic carbocycles. The highest BCUT2D eigenvalue weighted by atomic mass is 16.7. The fraction of sp³-hybridized carbons (Fsp3) is 0.760. The molecule has 3 nitrogen and oxygen atoms in total. The van der Waals surface area contributed by atoms with E-state index in [0.717, 1.165) is 58.0 Å². The van der Waals surface area contributed by atoms with E-state index in [9.17, 15) is 5.11 Å². The van der Waals surface area contributed by atoms with E-state index in [4.69, 9.17) is 9.47 Å². The molecule has 0 amide bonds. The summed E-state index contributed by atoms with van der Waals surface area (Å²) < 4.78 is 11.9. The van der Waals surface area contributed by atoms with Crippen molar-refractivity contribution in [2.75, 3.05) is 6.61 Å². The van der Waals surface area contributed by atoms with Crippen molar-refractivity contribution in [3.05, 3.63) is 36.0 Å². The van der Waals surface area contributed by atoms with Gasteiger partial charge in [-0.25, -0.2) is 0 Å². The van der Waals surface area contributed by atoms with Crippen LogP contribution in [0.3, 0.4) is 0 Å². The maximum absolute atomic E-state index is 9.91. The van der Waals surface area contributed by atoms with Crippen LogP contribution >= 0.6 is 0 Å². The molecule has 1 saturated heterocycles. The average Bonchev–Trinajstić information content (AvgIpc) is 2.66. The molecule has 0 aliphatic carbocycles. The zero-order chi connectivity index (χ0) is 21.0. The topological polar surface area (TPSA) is 38.7 Å². The lowest BCUT2D eigenvalue weighted by molar-refractivity contribution is -0.207. The van der Waals surface area contributed by atoms with Gasteiger partial charge in [0.15, 0.2) is 6.29 Å². The summed E-state index contributed by atoms with van der Waals surface area (Å²) in [5.74, 6) is 0.341. The van der Waals surface area contributed by atoms with Crippen LogP contribution in [0.25, 0.3) is 0 Å². The van der Waals surface area contributed by atoms with Crippen LogP contribution in [0.15, 0.2) is 36.0 Å². The predicted octanol–water partition coefficient (Wildman–Crippen LogP) is 6.72. The Morgan fingerprint density at radius 3 is 2.46 bits per heavy atom. The molecule has 0 aromatic rings. The van der Waals surface area contributed by atoms with Crippen LogP contribution in [-0.2, 0) is 9.47 Å². The van der Waals surface area contributed by atoms with Gasteiger partial charge in [0.2, 0.25) is 0 Å². The second-order valence-electron chi connectivity index (χ2n) is 8.96. The Morgan fingerprint density at radius 1 is 1.18 bits per heavy atom. The molecule has 1 aliphatic heterocycles. The van der Waals surface area contributed by atoms with E-state index < -0.39 is 0 Å². The molecule has 0 radical (unpaired) electrons. The van der Waals surface area contributed by atoms with Gasteiger partial charge in [0.1, 0.15) is 0 Å². The van der Waals surface area contributed by atoms with Gasteiger partial charge >= 0.3 is 0 Å². The smallest absolute Gasteiger partial charge is 0.158 e. The number of ether oxygens (including phenoxy) is 2. The van der Waals surface area contributed by atoms with Gasteiger partial charge in [-0.3, -0.25) is 0 Å². The molecule has 1 aliphatic rings. The van der Waals surface area contributed by atoms with E-state index in [-0.39, 0.29) is 18.0 Å². The second kappa shape index (κ2) is 13.3. The predicted molar refractivity (Wildman–Crippen MR) is 119 cm³/mol. The first-order chi connectivity index (χ1) is 13.3. The van der Waals surface area contributed by atoms with Crippen molar-refractivity contribution < 1.29 is 14.6 Å². The molecule has 28 heavy (non-hydrogen) atoms. The molecule has 1 fully saturated rings. The highest BCUT2D eigenvalue weighted by Gasteiger charge is 2.26. The van der Waals surface area contributed by atoms with Gasteiger partial charge in [-0.05, 0) is 84.5 Å². The molecule has 162 valence electrons. The Morgan fingerprint density at radius 2 is 1.86 bits per heavy atom. The first-order valence-corrected chi connectivity index (χ1v) is 11.2. The van der Waals surface area contributed by atoms with Gasteiger partial charge in [0, 0.05) is 6.61 Å². The molecule has 3 unspecified atom stereocenters. The summed E-state index contributed by atoms with van der Waals surface area (Å²) in [6.45, 7) is 15.4. The maximum atomic E-state index is 9.91. The van der Waals surface area contributed by atoms with Gasteiger partial charge < -0.3 is 14.6 Å². The van der Waals surface area contributed by atoms with E-state index >= 15 is 0 Å². The molecule has 0 aromatic heterocycles. The summed E-state index contributed by atoms with van der Waals surface area (Å²) in [7, 11) is 0. The van der Waals surface area contributed by atoms with Crippen molar-refractivity contribution in [2.45, 2.75) is 110 Å². The largest absolute Gasteiger partial charge is 0.393 e. The summed E-state index contributed by atoms with van der Waals surface area (Å²) >= 11 is 0. The van der Waals surface area contributed by atoms with Gasteiger partial charge in [-0.15, -0.1) is 6.58 Å². The van der Waals surface area contributed by atoms with Crippen LogP contribution in [0.4, 0.5) is 0 Å². The third kappa shape index (κ3) is 10.6. The number of aliphatic hydroxyl groups excluding tert-OH is 1. The maximum Gasteiger partial charge on any atom is 0.158 e. The molecule has 1 heterocycles. The molecule has 0 bridgehead atoms. The summed E-state index contributed by atoms with van der Waals surface area (Å²) in [5, 5.41) is 9.91. The quantitative estimate of drug-likeness (QED) is 0.353. The Bertz CT molecular complexity index is 500. The van der Waals surface area contributed by atoms with Crippen LogP contribution in [0, 0.1) is 5.92 Å². The van der Waals surface area contributed by atoms with E-state index in [2.05, 4.69) is 53.3 Å². The second-order valence-corrected chi connectivity index (χ2v) is 8.96. The minimum absolute atomic E-state index is 0.0795. The third-order valence-corrected chi connectivity index (χ3v) is 5.74.